The molecule has 142 valence electrons. The molecule has 1 aromatic heterocycles. The molecule has 1 heterocycles. The van der Waals surface area contributed by atoms with Crippen LogP contribution in [0.25, 0.3) is 11.0 Å². The maximum absolute atomic E-state index is 12.2. The van der Waals surface area contributed by atoms with E-state index in [0.717, 1.165) is 41.6 Å². The van der Waals surface area contributed by atoms with Gasteiger partial charge in [-0.25, -0.2) is 4.98 Å². The zero-order valence-electron chi connectivity index (χ0n) is 15.9. The van der Waals surface area contributed by atoms with Crippen LogP contribution in [0, 0.1) is 5.92 Å². The van der Waals surface area contributed by atoms with Gasteiger partial charge >= 0.3 is 0 Å². The predicted molar refractivity (Wildman–Crippen MR) is 114 cm³/mol. The number of para-hydroxylation sites is 2. The molecule has 0 radical (unpaired) electrons. The Labute approximate surface area is 169 Å². The van der Waals surface area contributed by atoms with Crippen LogP contribution in [0.1, 0.15) is 42.9 Å². The van der Waals surface area contributed by atoms with Crippen molar-refractivity contribution in [3.05, 3.63) is 64.4 Å². The Hall–Kier alpha value is -2.14. The molecule has 0 fully saturated rings. The topological polar surface area (TPSA) is 46.9 Å². The van der Waals surface area contributed by atoms with Crippen LogP contribution in [-0.4, -0.2) is 22.0 Å². The maximum atomic E-state index is 12.2. The van der Waals surface area contributed by atoms with Crippen molar-refractivity contribution in [3.8, 4) is 0 Å². The molecule has 1 amide bonds. The number of amides is 1. The Balaban J connectivity index is 1.61. The van der Waals surface area contributed by atoms with Crippen molar-refractivity contribution in [1.29, 1.82) is 0 Å². The number of rotatable bonds is 8. The number of carbonyl (C=O) groups excluding carboxylic acids is 1. The second-order valence-electron chi connectivity index (χ2n) is 7.22. The fourth-order valence-corrected chi connectivity index (χ4v) is 3.53. The van der Waals surface area contributed by atoms with E-state index >= 15 is 0 Å². The van der Waals surface area contributed by atoms with E-state index in [9.17, 15) is 4.79 Å². The van der Waals surface area contributed by atoms with Crippen LogP contribution >= 0.6 is 15.9 Å². The van der Waals surface area contributed by atoms with E-state index in [4.69, 9.17) is 4.98 Å². The van der Waals surface area contributed by atoms with Crippen LogP contribution in [0.15, 0.2) is 53.0 Å². The summed E-state index contributed by atoms with van der Waals surface area (Å²) in [6, 6.07) is 15.8. The number of nitrogens with one attached hydrogen (secondary N) is 1. The standard InChI is InChI=1S/C22H26BrN3O/c1-16(2)12-14-26-20-10-4-3-9-19(20)25-21(26)11-6-13-24-22(27)17-7-5-8-18(23)15-17/h3-5,7-10,15-16H,6,11-14H2,1-2H3,(H,24,27). The molecule has 0 aliphatic rings. The third-order valence-electron chi connectivity index (χ3n) is 4.61. The van der Waals surface area contributed by atoms with Crippen molar-refractivity contribution in [3.63, 3.8) is 0 Å². The zero-order valence-corrected chi connectivity index (χ0v) is 17.5. The Morgan fingerprint density at radius 1 is 1.19 bits per heavy atom. The van der Waals surface area contributed by atoms with Crippen LogP contribution in [0.5, 0.6) is 0 Å². The quantitative estimate of drug-likeness (QED) is 0.501. The Bertz CT molecular complexity index is 917. The number of benzene rings is 2. The third kappa shape index (κ3) is 5.19. The zero-order chi connectivity index (χ0) is 19.2. The van der Waals surface area contributed by atoms with Gasteiger partial charge in [0.05, 0.1) is 11.0 Å². The number of hydrogen-bond donors (Lipinski definition) is 1. The van der Waals surface area contributed by atoms with E-state index in [0.29, 0.717) is 18.0 Å². The molecule has 0 saturated heterocycles. The van der Waals surface area contributed by atoms with E-state index in [2.05, 4.69) is 57.9 Å². The summed E-state index contributed by atoms with van der Waals surface area (Å²) in [7, 11) is 0. The monoisotopic (exact) mass is 427 g/mol. The second-order valence-corrected chi connectivity index (χ2v) is 8.14. The average Bonchev–Trinajstić information content (AvgIpc) is 3.00. The summed E-state index contributed by atoms with van der Waals surface area (Å²) < 4.78 is 3.25. The molecule has 0 unspecified atom stereocenters. The summed E-state index contributed by atoms with van der Waals surface area (Å²) in [6.07, 6.45) is 2.85. The number of aromatic nitrogens is 2. The fraction of sp³-hybridized carbons (Fsp3) is 0.364. The van der Waals surface area contributed by atoms with Crippen molar-refractivity contribution >= 4 is 32.9 Å². The molecule has 0 aliphatic heterocycles. The van der Waals surface area contributed by atoms with Crippen molar-refractivity contribution in [2.75, 3.05) is 6.54 Å². The lowest BCUT2D eigenvalue weighted by Crippen LogP contribution is -2.25. The molecule has 4 nitrogen and oxygen atoms in total. The molecular weight excluding hydrogens is 402 g/mol. The molecule has 0 atom stereocenters. The highest BCUT2D eigenvalue weighted by Gasteiger charge is 2.11. The number of nitrogens with zero attached hydrogens (tertiary/aromatic N) is 2. The molecule has 0 saturated carbocycles. The van der Waals surface area contributed by atoms with Crippen LogP contribution < -0.4 is 5.32 Å². The normalized spacial score (nSPS) is 11.3. The first-order valence-electron chi connectivity index (χ1n) is 9.52. The number of imidazole rings is 1. The second kappa shape index (κ2) is 9.18. The molecular formula is C22H26BrN3O. The minimum atomic E-state index is -0.0374. The minimum absolute atomic E-state index is 0.0374. The lowest BCUT2D eigenvalue weighted by atomic mass is 10.1. The first-order valence-corrected chi connectivity index (χ1v) is 10.3. The van der Waals surface area contributed by atoms with E-state index in [-0.39, 0.29) is 5.91 Å². The summed E-state index contributed by atoms with van der Waals surface area (Å²) >= 11 is 3.40. The SMILES string of the molecule is CC(C)CCn1c(CCCNC(=O)c2cccc(Br)c2)nc2ccccc21. The van der Waals surface area contributed by atoms with Gasteiger partial charge in [-0.15, -0.1) is 0 Å². The van der Waals surface area contributed by atoms with Crippen molar-refractivity contribution in [2.24, 2.45) is 5.92 Å². The van der Waals surface area contributed by atoms with Gasteiger partial charge in [0.1, 0.15) is 5.82 Å². The van der Waals surface area contributed by atoms with Crippen molar-refractivity contribution < 1.29 is 4.79 Å². The molecule has 2 aromatic carbocycles. The molecule has 1 N–H and O–H groups in total. The highest BCUT2D eigenvalue weighted by atomic mass is 79.9. The summed E-state index contributed by atoms with van der Waals surface area (Å²) in [4.78, 5) is 17.1. The van der Waals surface area contributed by atoms with Crippen LogP contribution in [0.3, 0.4) is 0 Å². The van der Waals surface area contributed by atoms with Gasteiger partial charge in [-0.1, -0.05) is 48.0 Å². The third-order valence-corrected chi connectivity index (χ3v) is 5.11. The van der Waals surface area contributed by atoms with Gasteiger partial charge in [-0.3, -0.25) is 4.79 Å². The van der Waals surface area contributed by atoms with Crippen molar-refractivity contribution in [1.82, 2.24) is 14.9 Å². The van der Waals surface area contributed by atoms with E-state index in [1.54, 1.807) is 0 Å². The number of halogens is 1. The smallest absolute Gasteiger partial charge is 0.251 e. The molecule has 3 aromatic rings. The maximum Gasteiger partial charge on any atom is 0.251 e. The van der Waals surface area contributed by atoms with Gasteiger partial charge < -0.3 is 9.88 Å². The van der Waals surface area contributed by atoms with Crippen LogP contribution in [-0.2, 0) is 13.0 Å². The summed E-state index contributed by atoms with van der Waals surface area (Å²) in [5.74, 6) is 1.72. The first kappa shape index (κ1) is 19.6. The van der Waals surface area contributed by atoms with Gasteiger partial charge in [0.15, 0.2) is 0 Å². The predicted octanol–water partition coefficient (Wildman–Crippen LogP) is 5.21. The van der Waals surface area contributed by atoms with Gasteiger partial charge in [0.2, 0.25) is 0 Å². The summed E-state index contributed by atoms with van der Waals surface area (Å²) in [6.45, 7) is 6.11. The largest absolute Gasteiger partial charge is 0.352 e. The Morgan fingerprint density at radius 3 is 2.78 bits per heavy atom. The number of aryl methyl sites for hydroxylation is 2. The minimum Gasteiger partial charge on any atom is -0.352 e. The van der Waals surface area contributed by atoms with Crippen LogP contribution in [0.4, 0.5) is 0 Å². The molecule has 5 heteroatoms. The number of hydrogen-bond acceptors (Lipinski definition) is 2. The number of fused-ring (bicyclic) bond motifs is 1. The highest BCUT2D eigenvalue weighted by Crippen LogP contribution is 2.19. The average molecular weight is 428 g/mol. The molecule has 0 bridgehead atoms. The lowest BCUT2D eigenvalue weighted by molar-refractivity contribution is 0.0953. The Morgan fingerprint density at radius 2 is 2.00 bits per heavy atom. The molecule has 0 aliphatic carbocycles. The van der Waals surface area contributed by atoms with E-state index in [1.165, 1.54) is 5.52 Å². The van der Waals surface area contributed by atoms with E-state index < -0.39 is 0 Å². The fourth-order valence-electron chi connectivity index (χ4n) is 3.13. The lowest BCUT2D eigenvalue weighted by Gasteiger charge is -2.11. The van der Waals surface area contributed by atoms with Gasteiger partial charge in [-0.05, 0) is 49.1 Å². The van der Waals surface area contributed by atoms with Gasteiger partial charge in [0, 0.05) is 29.5 Å². The molecule has 3 rings (SSSR count). The molecule has 0 spiro atoms. The summed E-state index contributed by atoms with van der Waals surface area (Å²) in [5, 5.41) is 3.00. The van der Waals surface area contributed by atoms with Gasteiger partial charge in [-0.2, -0.15) is 0 Å². The van der Waals surface area contributed by atoms with E-state index in [1.807, 2.05) is 30.3 Å². The van der Waals surface area contributed by atoms with Crippen molar-refractivity contribution in [2.45, 2.75) is 39.7 Å². The molecule has 27 heavy (non-hydrogen) atoms. The first-order chi connectivity index (χ1) is 13.0. The number of carbonyl (C=O) groups is 1. The highest BCUT2D eigenvalue weighted by molar-refractivity contribution is 9.10. The van der Waals surface area contributed by atoms with Gasteiger partial charge in [0.25, 0.3) is 5.91 Å². The Kier molecular flexibility index (Phi) is 6.67. The summed E-state index contributed by atoms with van der Waals surface area (Å²) in [5.41, 5.74) is 2.93. The van der Waals surface area contributed by atoms with Crippen LogP contribution in [0.2, 0.25) is 0 Å².